The summed E-state index contributed by atoms with van der Waals surface area (Å²) in [6, 6.07) is 15.5. The molecule has 1 fully saturated rings. The lowest BCUT2D eigenvalue weighted by molar-refractivity contribution is 0.0332. The van der Waals surface area contributed by atoms with Crippen molar-refractivity contribution in [1.29, 1.82) is 0 Å². The number of rotatable bonds is 5. The molecule has 2 aromatic rings. The summed E-state index contributed by atoms with van der Waals surface area (Å²) in [4.78, 5) is 2.47. The second kappa shape index (κ2) is 8.63. The Morgan fingerprint density at radius 2 is 2.04 bits per heavy atom. The van der Waals surface area contributed by atoms with Crippen LogP contribution in [0.1, 0.15) is 30.1 Å². The molecule has 0 saturated carbocycles. The van der Waals surface area contributed by atoms with Gasteiger partial charge in [0.25, 0.3) is 0 Å². The predicted octanol–water partition coefficient (Wildman–Crippen LogP) is 4.33. The van der Waals surface area contributed by atoms with Gasteiger partial charge in [-0.25, -0.2) is 0 Å². The molecule has 4 rings (SSSR count). The number of piperazine rings is 1. The van der Waals surface area contributed by atoms with Crippen molar-refractivity contribution in [2.75, 3.05) is 38.3 Å². The molecule has 1 N–H and O–H groups in total. The van der Waals surface area contributed by atoms with Crippen molar-refractivity contribution in [3.05, 3.63) is 58.1 Å². The maximum absolute atomic E-state index is 6.10. The van der Waals surface area contributed by atoms with Gasteiger partial charge in [0.05, 0.1) is 19.8 Å². The summed E-state index contributed by atoms with van der Waals surface area (Å²) in [6.07, 6.45) is 3.41. The first-order chi connectivity index (χ1) is 13.2. The Balaban J connectivity index is 1.36. The van der Waals surface area contributed by atoms with Crippen LogP contribution < -0.4 is 15.0 Å². The lowest BCUT2D eigenvalue weighted by Crippen LogP contribution is -2.50. The summed E-state index contributed by atoms with van der Waals surface area (Å²) in [5, 5.41) is 3.68. The van der Waals surface area contributed by atoms with Crippen molar-refractivity contribution in [2.45, 2.75) is 31.4 Å². The van der Waals surface area contributed by atoms with Gasteiger partial charge in [-0.2, -0.15) is 0 Å². The number of hydrogen-bond acceptors (Lipinski definition) is 4. The molecule has 2 aliphatic heterocycles. The van der Waals surface area contributed by atoms with Crippen LogP contribution in [0.25, 0.3) is 0 Å². The van der Waals surface area contributed by atoms with Crippen molar-refractivity contribution < 1.29 is 9.47 Å². The van der Waals surface area contributed by atoms with E-state index in [1.54, 1.807) is 7.11 Å². The van der Waals surface area contributed by atoms with E-state index in [4.69, 9.17) is 9.47 Å². The van der Waals surface area contributed by atoms with Crippen molar-refractivity contribution in [3.8, 4) is 5.75 Å². The van der Waals surface area contributed by atoms with Crippen LogP contribution in [0.5, 0.6) is 5.75 Å². The Morgan fingerprint density at radius 1 is 1.19 bits per heavy atom. The number of anilines is 1. The Labute approximate surface area is 170 Å². The van der Waals surface area contributed by atoms with Gasteiger partial charge in [-0.05, 0) is 66.8 Å². The third kappa shape index (κ3) is 4.48. The molecular weight excluding hydrogens is 404 g/mol. The number of fused-ring (bicyclic) bond motifs is 1. The van der Waals surface area contributed by atoms with Crippen LogP contribution in [-0.2, 0) is 11.2 Å². The lowest BCUT2D eigenvalue weighted by atomic mass is 9.93. The highest BCUT2D eigenvalue weighted by Crippen LogP contribution is 2.33. The Morgan fingerprint density at radius 3 is 2.85 bits per heavy atom. The Kier molecular flexibility index (Phi) is 6.01. The molecule has 2 aromatic carbocycles. The van der Waals surface area contributed by atoms with Gasteiger partial charge in [-0.15, -0.1) is 0 Å². The molecule has 0 spiro atoms. The summed E-state index contributed by atoms with van der Waals surface area (Å²) in [5.74, 6) is 0.908. The minimum absolute atomic E-state index is 0.222. The lowest BCUT2D eigenvalue weighted by Gasteiger charge is -2.36. The zero-order valence-electron chi connectivity index (χ0n) is 15.8. The second-order valence-corrected chi connectivity index (χ2v) is 8.24. The first-order valence-electron chi connectivity index (χ1n) is 9.75. The van der Waals surface area contributed by atoms with Crippen LogP contribution in [0.15, 0.2) is 46.9 Å². The van der Waals surface area contributed by atoms with Gasteiger partial charge < -0.3 is 19.7 Å². The average Bonchev–Trinajstić information content (AvgIpc) is 2.72. The molecule has 1 saturated heterocycles. The molecule has 0 amide bonds. The summed E-state index contributed by atoms with van der Waals surface area (Å²) in [5.41, 5.74) is 4.07. The van der Waals surface area contributed by atoms with E-state index in [0.29, 0.717) is 6.04 Å². The highest BCUT2D eigenvalue weighted by atomic mass is 79.9. The van der Waals surface area contributed by atoms with Gasteiger partial charge in [-0.1, -0.05) is 22.0 Å². The number of hydrogen-bond donors (Lipinski definition) is 1. The summed E-state index contributed by atoms with van der Waals surface area (Å²) >= 11 is 3.59. The number of benzene rings is 2. The normalized spacial score (nSPS) is 22.4. The van der Waals surface area contributed by atoms with Crippen LogP contribution in [-0.4, -0.2) is 39.4 Å². The fourth-order valence-corrected chi connectivity index (χ4v) is 4.55. The molecule has 0 radical (unpaired) electrons. The van der Waals surface area contributed by atoms with E-state index in [0.717, 1.165) is 55.7 Å². The van der Waals surface area contributed by atoms with Gasteiger partial charge >= 0.3 is 0 Å². The molecule has 144 valence electrons. The minimum atomic E-state index is 0.222. The van der Waals surface area contributed by atoms with E-state index in [2.05, 4.69) is 56.5 Å². The van der Waals surface area contributed by atoms with Gasteiger partial charge in [0, 0.05) is 35.8 Å². The van der Waals surface area contributed by atoms with E-state index < -0.39 is 0 Å². The molecule has 2 heterocycles. The first-order valence-corrected chi connectivity index (χ1v) is 10.5. The molecule has 0 aromatic heterocycles. The highest BCUT2D eigenvalue weighted by Gasteiger charge is 2.24. The quantitative estimate of drug-likeness (QED) is 0.764. The molecule has 4 nitrogen and oxygen atoms in total. The molecule has 2 aliphatic rings. The number of halogens is 1. The molecular formula is C22H27BrN2O2. The van der Waals surface area contributed by atoms with Crippen LogP contribution in [0.2, 0.25) is 0 Å². The molecule has 2 atom stereocenters. The zero-order valence-corrected chi connectivity index (χ0v) is 17.4. The van der Waals surface area contributed by atoms with E-state index in [9.17, 15) is 0 Å². The third-order valence-corrected chi connectivity index (χ3v) is 6.11. The van der Waals surface area contributed by atoms with Gasteiger partial charge in [0.2, 0.25) is 0 Å². The van der Waals surface area contributed by atoms with Gasteiger partial charge in [0.1, 0.15) is 5.75 Å². The van der Waals surface area contributed by atoms with Crippen LogP contribution in [0, 0.1) is 0 Å². The van der Waals surface area contributed by atoms with Gasteiger partial charge in [0.15, 0.2) is 0 Å². The third-order valence-electron chi connectivity index (χ3n) is 5.61. The summed E-state index contributed by atoms with van der Waals surface area (Å²) in [6.45, 7) is 3.92. The molecule has 0 aliphatic carbocycles. The second-order valence-electron chi connectivity index (χ2n) is 7.33. The SMILES string of the molecule is COc1ccc(N2CCNC(CCC3OCCc4cc(Br)ccc43)C2)cc1. The number of methoxy groups -OCH3 is 1. The topological polar surface area (TPSA) is 33.7 Å². The summed E-state index contributed by atoms with van der Waals surface area (Å²) in [7, 11) is 1.71. The van der Waals surface area contributed by atoms with Crippen molar-refractivity contribution in [3.63, 3.8) is 0 Å². The smallest absolute Gasteiger partial charge is 0.119 e. The zero-order chi connectivity index (χ0) is 18.6. The van der Waals surface area contributed by atoms with Crippen molar-refractivity contribution in [1.82, 2.24) is 5.32 Å². The minimum Gasteiger partial charge on any atom is -0.497 e. The first kappa shape index (κ1) is 18.8. The van der Waals surface area contributed by atoms with Crippen molar-refractivity contribution >= 4 is 21.6 Å². The maximum atomic E-state index is 6.10. The average molecular weight is 431 g/mol. The number of nitrogens with one attached hydrogen (secondary N) is 1. The standard InChI is InChI=1S/C22H27BrN2O2/c1-26-20-6-4-19(5-7-20)25-12-11-24-18(15-25)3-9-22-21-8-2-17(23)14-16(21)10-13-27-22/h2,4-8,14,18,22,24H,3,9-13,15H2,1H3. The Bertz CT molecular complexity index is 765. The van der Waals surface area contributed by atoms with E-state index >= 15 is 0 Å². The fraction of sp³-hybridized carbons (Fsp3) is 0.455. The van der Waals surface area contributed by atoms with E-state index in [1.165, 1.54) is 16.8 Å². The van der Waals surface area contributed by atoms with Gasteiger partial charge in [-0.3, -0.25) is 0 Å². The van der Waals surface area contributed by atoms with E-state index in [-0.39, 0.29) is 6.10 Å². The van der Waals surface area contributed by atoms with Crippen LogP contribution in [0.4, 0.5) is 5.69 Å². The van der Waals surface area contributed by atoms with Crippen molar-refractivity contribution in [2.24, 2.45) is 0 Å². The number of nitrogens with zero attached hydrogens (tertiary/aromatic N) is 1. The molecule has 0 bridgehead atoms. The monoisotopic (exact) mass is 430 g/mol. The Hall–Kier alpha value is -1.56. The molecule has 2 unspecified atom stereocenters. The van der Waals surface area contributed by atoms with Crippen LogP contribution in [0.3, 0.4) is 0 Å². The summed E-state index contributed by atoms with van der Waals surface area (Å²) < 4.78 is 12.5. The van der Waals surface area contributed by atoms with E-state index in [1.807, 2.05) is 12.1 Å². The highest BCUT2D eigenvalue weighted by molar-refractivity contribution is 9.10. The number of ether oxygens (including phenoxy) is 2. The largest absolute Gasteiger partial charge is 0.497 e. The maximum Gasteiger partial charge on any atom is 0.119 e. The molecule has 27 heavy (non-hydrogen) atoms. The predicted molar refractivity (Wildman–Crippen MR) is 113 cm³/mol. The van der Waals surface area contributed by atoms with Crippen LogP contribution >= 0.6 is 15.9 Å². The fourth-order valence-electron chi connectivity index (χ4n) is 4.14. The molecule has 5 heteroatoms.